The third kappa shape index (κ3) is 3.91. The highest BCUT2D eigenvalue weighted by Crippen LogP contribution is 2.22. The Balaban J connectivity index is 1.82. The monoisotopic (exact) mass is 386 g/mol. The number of rotatable bonds is 5. The number of carbonyl (C=O) groups excluding carboxylic acids is 1. The molecule has 1 heterocycles. The lowest BCUT2D eigenvalue weighted by Crippen LogP contribution is -2.16. The van der Waals surface area contributed by atoms with Crippen molar-refractivity contribution in [3.8, 4) is 0 Å². The highest BCUT2D eigenvalue weighted by atomic mass is 19.1. The second-order valence-electron chi connectivity index (χ2n) is 6.62. The van der Waals surface area contributed by atoms with Gasteiger partial charge in [0.1, 0.15) is 11.6 Å². The number of benzene rings is 2. The van der Waals surface area contributed by atoms with Gasteiger partial charge >= 0.3 is 0 Å². The van der Waals surface area contributed by atoms with Crippen LogP contribution in [0.2, 0.25) is 0 Å². The fourth-order valence-electron chi connectivity index (χ4n) is 2.92. The number of nitrogens with one attached hydrogen (secondary N) is 1. The topological polar surface area (TPSA) is 80.0 Å². The van der Waals surface area contributed by atoms with E-state index in [9.17, 15) is 18.7 Å². The third-order valence-electron chi connectivity index (χ3n) is 4.63. The Morgan fingerprint density at radius 3 is 2.54 bits per heavy atom. The Kier molecular flexibility index (Phi) is 5.51. The van der Waals surface area contributed by atoms with Crippen LogP contribution < -0.4 is 5.32 Å². The first-order valence-electron chi connectivity index (χ1n) is 8.66. The van der Waals surface area contributed by atoms with Gasteiger partial charge in [0.05, 0.1) is 18.8 Å². The lowest BCUT2D eigenvalue weighted by atomic mass is 10.0. The number of aryl methyl sites for hydroxylation is 2. The highest BCUT2D eigenvalue weighted by Gasteiger charge is 2.19. The van der Waals surface area contributed by atoms with Gasteiger partial charge in [0.25, 0.3) is 5.91 Å². The van der Waals surface area contributed by atoms with E-state index in [1.54, 1.807) is 13.0 Å². The fraction of sp³-hybridized carbons (Fsp3) is 0.250. The maximum Gasteiger partial charge on any atom is 0.278 e. The van der Waals surface area contributed by atoms with Crippen LogP contribution in [0, 0.1) is 32.4 Å². The average Bonchev–Trinajstić information content (AvgIpc) is 3.00. The zero-order valence-electron chi connectivity index (χ0n) is 15.8. The number of hydrogen-bond donors (Lipinski definition) is 2. The SMILES string of the molecule is Cc1cc(C)c(NC(=O)c2nnn(Cc3ccc(F)cc3F)c2C)cc1CO. The van der Waals surface area contributed by atoms with Gasteiger partial charge in [-0.25, -0.2) is 13.5 Å². The zero-order valence-corrected chi connectivity index (χ0v) is 15.8. The van der Waals surface area contributed by atoms with Crippen molar-refractivity contribution in [2.24, 2.45) is 0 Å². The summed E-state index contributed by atoms with van der Waals surface area (Å²) >= 11 is 0. The summed E-state index contributed by atoms with van der Waals surface area (Å²) in [6, 6.07) is 6.89. The molecule has 2 N–H and O–H groups in total. The first-order chi connectivity index (χ1) is 13.3. The molecule has 0 saturated heterocycles. The molecule has 0 spiro atoms. The van der Waals surface area contributed by atoms with Crippen molar-refractivity contribution in [3.63, 3.8) is 0 Å². The van der Waals surface area contributed by atoms with E-state index in [2.05, 4.69) is 15.6 Å². The molecule has 0 bridgehead atoms. The summed E-state index contributed by atoms with van der Waals surface area (Å²) in [7, 11) is 0. The van der Waals surface area contributed by atoms with Crippen molar-refractivity contribution >= 4 is 11.6 Å². The molecule has 2 aromatic carbocycles. The van der Waals surface area contributed by atoms with Crippen molar-refractivity contribution in [1.29, 1.82) is 0 Å². The minimum atomic E-state index is -0.687. The Morgan fingerprint density at radius 2 is 1.86 bits per heavy atom. The van der Waals surface area contributed by atoms with Gasteiger partial charge in [-0.1, -0.05) is 17.3 Å². The molecular formula is C20H20F2N4O2. The molecule has 0 atom stereocenters. The fourth-order valence-corrected chi connectivity index (χ4v) is 2.92. The van der Waals surface area contributed by atoms with E-state index in [1.807, 2.05) is 19.9 Å². The molecule has 0 aliphatic carbocycles. The highest BCUT2D eigenvalue weighted by molar-refractivity contribution is 6.04. The quantitative estimate of drug-likeness (QED) is 0.705. The minimum absolute atomic E-state index is 0.0243. The average molecular weight is 386 g/mol. The van der Waals surface area contributed by atoms with Crippen molar-refractivity contribution in [2.75, 3.05) is 5.32 Å². The van der Waals surface area contributed by atoms with Crippen LogP contribution in [0.4, 0.5) is 14.5 Å². The second kappa shape index (κ2) is 7.85. The van der Waals surface area contributed by atoms with E-state index >= 15 is 0 Å². The number of halogens is 2. The number of aliphatic hydroxyl groups excluding tert-OH is 1. The molecule has 0 fully saturated rings. The van der Waals surface area contributed by atoms with Crippen LogP contribution in [0.1, 0.15) is 38.4 Å². The number of nitrogens with zero attached hydrogens (tertiary/aromatic N) is 3. The molecule has 1 amide bonds. The molecule has 0 saturated carbocycles. The van der Waals surface area contributed by atoms with Crippen molar-refractivity contribution in [3.05, 3.63) is 75.6 Å². The molecule has 6 nitrogen and oxygen atoms in total. The molecule has 0 aliphatic rings. The lowest BCUT2D eigenvalue weighted by molar-refractivity contribution is 0.102. The molecule has 28 heavy (non-hydrogen) atoms. The van der Waals surface area contributed by atoms with Crippen LogP contribution in [-0.4, -0.2) is 26.0 Å². The van der Waals surface area contributed by atoms with E-state index in [0.717, 1.165) is 23.3 Å². The van der Waals surface area contributed by atoms with Gasteiger partial charge in [-0.2, -0.15) is 0 Å². The van der Waals surface area contributed by atoms with E-state index in [-0.39, 0.29) is 24.4 Å². The van der Waals surface area contributed by atoms with E-state index < -0.39 is 17.5 Å². The summed E-state index contributed by atoms with van der Waals surface area (Å²) in [5.74, 6) is -1.81. The van der Waals surface area contributed by atoms with Gasteiger partial charge in [-0.15, -0.1) is 5.10 Å². The molecule has 8 heteroatoms. The number of aromatic nitrogens is 3. The Morgan fingerprint density at radius 1 is 1.11 bits per heavy atom. The summed E-state index contributed by atoms with van der Waals surface area (Å²) in [5.41, 5.74) is 3.86. The Labute approximate surface area is 160 Å². The summed E-state index contributed by atoms with van der Waals surface area (Å²) in [6.45, 7) is 5.28. The van der Waals surface area contributed by atoms with Gasteiger partial charge in [-0.05, 0) is 49.6 Å². The molecule has 0 aliphatic heterocycles. The van der Waals surface area contributed by atoms with Crippen LogP contribution in [0.5, 0.6) is 0 Å². The lowest BCUT2D eigenvalue weighted by Gasteiger charge is -2.12. The summed E-state index contributed by atoms with van der Waals surface area (Å²) in [4.78, 5) is 12.6. The van der Waals surface area contributed by atoms with Crippen LogP contribution in [-0.2, 0) is 13.2 Å². The number of carbonyl (C=O) groups is 1. The Bertz CT molecular complexity index is 1050. The molecule has 1 aromatic heterocycles. The normalized spacial score (nSPS) is 10.9. The first-order valence-corrected chi connectivity index (χ1v) is 8.66. The number of hydrogen-bond acceptors (Lipinski definition) is 4. The standard InChI is InChI=1S/C20H20F2N4O2/c1-11-6-12(2)18(7-15(11)10-27)23-20(28)19-13(3)26(25-24-19)9-14-4-5-16(21)8-17(14)22/h4-8,27H,9-10H2,1-3H3,(H,23,28). The number of anilines is 1. The largest absolute Gasteiger partial charge is 0.392 e. The summed E-state index contributed by atoms with van der Waals surface area (Å²) in [6.07, 6.45) is 0. The molecule has 3 rings (SSSR count). The summed E-state index contributed by atoms with van der Waals surface area (Å²) in [5, 5.41) is 20.0. The van der Waals surface area contributed by atoms with E-state index in [4.69, 9.17) is 0 Å². The van der Waals surface area contributed by atoms with Crippen molar-refractivity contribution in [2.45, 2.75) is 33.9 Å². The van der Waals surface area contributed by atoms with Gasteiger partial charge in [0, 0.05) is 17.3 Å². The van der Waals surface area contributed by atoms with Crippen LogP contribution >= 0.6 is 0 Å². The van der Waals surface area contributed by atoms with E-state index in [0.29, 0.717) is 16.9 Å². The van der Waals surface area contributed by atoms with Gasteiger partial charge in [0.15, 0.2) is 5.69 Å². The van der Waals surface area contributed by atoms with E-state index in [1.165, 1.54) is 10.7 Å². The van der Waals surface area contributed by atoms with Gasteiger partial charge in [-0.3, -0.25) is 4.79 Å². The third-order valence-corrected chi connectivity index (χ3v) is 4.63. The predicted molar refractivity (Wildman–Crippen MR) is 100 cm³/mol. The molecule has 0 unspecified atom stereocenters. The van der Waals surface area contributed by atoms with Crippen molar-refractivity contribution < 1.29 is 18.7 Å². The molecule has 146 valence electrons. The summed E-state index contributed by atoms with van der Waals surface area (Å²) < 4.78 is 28.3. The van der Waals surface area contributed by atoms with Gasteiger partial charge < -0.3 is 10.4 Å². The predicted octanol–water partition coefficient (Wildman–Crippen LogP) is 3.27. The number of aliphatic hydroxyl groups is 1. The number of amides is 1. The minimum Gasteiger partial charge on any atom is -0.392 e. The first kappa shape index (κ1) is 19.6. The molecule has 3 aromatic rings. The van der Waals surface area contributed by atoms with Gasteiger partial charge in [0.2, 0.25) is 0 Å². The maximum absolute atomic E-state index is 13.9. The smallest absolute Gasteiger partial charge is 0.278 e. The molecule has 0 radical (unpaired) electrons. The Hall–Kier alpha value is -3.13. The molecular weight excluding hydrogens is 366 g/mol. The maximum atomic E-state index is 13.9. The second-order valence-corrected chi connectivity index (χ2v) is 6.62. The van der Waals surface area contributed by atoms with Crippen molar-refractivity contribution in [1.82, 2.24) is 15.0 Å². The van der Waals surface area contributed by atoms with Crippen LogP contribution in [0.25, 0.3) is 0 Å². The van der Waals surface area contributed by atoms with Crippen LogP contribution in [0.3, 0.4) is 0 Å². The van der Waals surface area contributed by atoms with Crippen LogP contribution in [0.15, 0.2) is 30.3 Å². The zero-order chi connectivity index (χ0) is 20.4.